The molecule has 1 heterocycles. The molecule has 15 heavy (non-hydrogen) atoms. The van der Waals surface area contributed by atoms with Gasteiger partial charge in [-0.05, 0) is 25.7 Å². The molecule has 1 fully saturated rings. The van der Waals surface area contributed by atoms with Gasteiger partial charge in [0.05, 0.1) is 12.7 Å². The lowest BCUT2D eigenvalue weighted by atomic mass is 9.81. The fourth-order valence-electron chi connectivity index (χ4n) is 2.15. The van der Waals surface area contributed by atoms with E-state index in [1.54, 1.807) is 0 Å². The van der Waals surface area contributed by atoms with Gasteiger partial charge in [0.2, 0.25) is 0 Å². The number of hydrogen-bond donors (Lipinski definition) is 0. The van der Waals surface area contributed by atoms with E-state index in [0.29, 0.717) is 23.9 Å². The van der Waals surface area contributed by atoms with Crippen LogP contribution in [0.15, 0.2) is 12.2 Å². The molecule has 0 radical (unpaired) electrons. The quantitative estimate of drug-likeness (QED) is 0.669. The summed E-state index contributed by atoms with van der Waals surface area (Å²) >= 11 is 0. The maximum absolute atomic E-state index is 5.87. The highest BCUT2D eigenvalue weighted by Crippen LogP contribution is 2.31. The van der Waals surface area contributed by atoms with Gasteiger partial charge in [-0.1, -0.05) is 32.9 Å². The average Bonchev–Trinajstić information content (AvgIpc) is 2.19. The van der Waals surface area contributed by atoms with Crippen LogP contribution >= 0.6 is 0 Å². The highest BCUT2D eigenvalue weighted by Gasteiger charge is 2.33. The summed E-state index contributed by atoms with van der Waals surface area (Å²) < 4.78 is 11.3. The summed E-state index contributed by atoms with van der Waals surface area (Å²) in [7, 11) is 0. The van der Waals surface area contributed by atoms with Crippen molar-refractivity contribution in [3.63, 3.8) is 0 Å². The van der Waals surface area contributed by atoms with Crippen LogP contribution in [0.25, 0.3) is 0 Å². The Balaban J connectivity index is 2.63. The Hall–Kier alpha value is -0.340. The van der Waals surface area contributed by atoms with Crippen molar-refractivity contribution in [2.75, 3.05) is 6.61 Å². The molecule has 2 nitrogen and oxygen atoms in total. The summed E-state index contributed by atoms with van der Waals surface area (Å²) in [5.41, 5.74) is 1.23. The molecule has 1 rings (SSSR count). The van der Waals surface area contributed by atoms with Crippen molar-refractivity contribution in [3.05, 3.63) is 12.2 Å². The minimum atomic E-state index is -0.0639. The van der Waals surface area contributed by atoms with Crippen molar-refractivity contribution < 1.29 is 9.47 Å². The van der Waals surface area contributed by atoms with Gasteiger partial charge >= 0.3 is 0 Å². The van der Waals surface area contributed by atoms with Crippen LogP contribution in [0.2, 0.25) is 0 Å². The smallest absolute Gasteiger partial charge is 0.155 e. The molecule has 0 amide bonds. The second-order valence-corrected chi connectivity index (χ2v) is 4.97. The number of allylic oxidation sites excluding steroid dienone is 1. The van der Waals surface area contributed by atoms with E-state index in [2.05, 4.69) is 34.3 Å². The maximum atomic E-state index is 5.87. The average molecular weight is 212 g/mol. The Bertz CT molecular complexity index is 225. The van der Waals surface area contributed by atoms with Crippen LogP contribution in [0, 0.1) is 17.8 Å². The van der Waals surface area contributed by atoms with Crippen LogP contribution in [0.4, 0.5) is 0 Å². The van der Waals surface area contributed by atoms with Crippen LogP contribution in [0.1, 0.15) is 34.6 Å². The number of rotatable bonds is 3. The molecule has 88 valence electrons. The third kappa shape index (κ3) is 3.05. The highest BCUT2D eigenvalue weighted by atomic mass is 16.7. The molecule has 0 bridgehead atoms. The van der Waals surface area contributed by atoms with Crippen molar-refractivity contribution in [2.24, 2.45) is 17.8 Å². The van der Waals surface area contributed by atoms with Crippen LogP contribution in [-0.4, -0.2) is 19.0 Å². The summed E-state index contributed by atoms with van der Waals surface area (Å²) in [6.07, 6.45) is 0.228. The van der Waals surface area contributed by atoms with Gasteiger partial charge in [-0.15, -0.1) is 0 Å². The van der Waals surface area contributed by atoms with Crippen LogP contribution < -0.4 is 0 Å². The first kappa shape index (κ1) is 12.7. The Morgan fingerprint density at radius 1 is 1.33 bits per heavy atom. The van der Waals surface area contributed by atoms with E-state index in [1.807, 2.05) is 6.92 Å². The zero-order valence-electron chi connectivity index (χ0n) is 10.6. The molecule has 0 saturated carbocycles. The molecule has 5 atom stereocenters. The molecule has 2 heteroatoms. The van der Waals surface area contributed by atoms with Crippen molar-refractivity contribution >= 4 is 0 Å². The van der Waals surface area contributed by atoms with Gasteiger partial charge in [0.25, 0.3) is 0 Å². The summed E-state index contributed by atoms with van der Waals surface area (Å²) in [6, 6.07) is 0. The Kier molecular flexibility index (Phi) is 4.35. The normalized spacial score (nSPS) is 35.9. The summed E-state index contributed by atoms with van der Waals surface area (Å²) in [6.45, 7) is 15.6. The predicted molar refractivity (Wildman–Crippen MR) is 62.6 cm³/mol. The predicted octanol–water partition coefficient (Wildman–Crippen LogP) is 3.23. The minimum absolute atomic E-state index is 0.0639. The fourth-order valence-corrected chi connectivity index (χ4v) is 2.15. The van der Waals surface area contributed by atoms with Gasteiger partial charge < -0.3 is 9.47 Å². The lowest BCUT2D eigenvalue weighted by Crippen LogP contribution is -2.43. The Morgan fingerprint density at radius 2 is 1.93 bits per heavy atom. The van der Waals surface area contributed by atoms with E-state index in [1.165, 1.54) is 5.57 Å². The van der Waals surface area contributed by atoms with Gasteiger partial charge in [-0.2, -0.15) is 0 Å². The summed E-state index contributed by atoms with van der Waals surface area (Å²) in [5, 5.41) is 0. The monoisotopic (exact) mass is 212 g/mol. The molecule has 0 spiro atoms. The first-order valence-electron chi connectivity index (χ1n) is 5.86. The molecule has 1 saturated heterocycles. The molecular formula is C13H24O2. The molecule has 0 aromatic rings. The molecule has 1 aliphatic heterocycles. The van der Waals surface area contributed by atoms with E-state index in [0.717, 1.165) is 6.61 Å². The lowest BCUT2D eigenvalue weighted by Gasteiger charge is -2.39. The topological polar surface area (TPSA) is 18.5 Å². The van der Waals surface area contributed by atoms with Crippen molar-refractivity contribution in [2.45, 2.75) is 47.0 Å². The number of hydrogen-bond acceptors (Lipinski definition) is 2. The zero-order chi connectivity index (χ0) is 11.6. The third-order valence-electron chi connectivity index (χ3n) is 3.59. The lowest BCUT2D eigenvalue weighted by molar-refractivity contribution is -0.238. The molecule has 0 aliphatic carbocycles. The van der Waals surface area contributed by atoms with Gasteiger partial charge in [0.1, 0.15) is 0 Å². The van der Waals surface area contributed by atoms with Crippen LogP contribution in [0.5, 0.6) is 0 Å². The van der Waals surface area contributed by atoms with Crippen LogP contribution in [-0.2, 0) is 9.47 Å². The zero-order valence-corrected chi connectivity index (χ0v) is 10.6. The van der Waals surface area contributed by atoms with E-state index < -0.39 is 0 Å². The van der Waals surface area contributed by atoms with Crippen molar-refractivity contribution in [1.82, 2.24) is 0 Å². The van der Waals surface area contributed by atoms with Crippen molar-refractivity contribution in [3.8, 4) is 0 Å². The summed E-state index contributed by atoms with van der Waals surface area (Å²) in [4.78, 5) is 0. The second kappa shape index (κ2) is 5.13. The SMILES string of the molecule is C=C(C)C(C)C(C)C1OC(C)OCC1C. The van der Waals surface area contributed by atoms with E-state index >= 15 is 0 Å². The maximum Gasteiger partial charge on any atom is 0.155 e. The largest absolute Gasteiger partial charge is 0.353 e. The highest BCUT2D eigenvalue weighted by molar-refractivity contribution is 4.98. The second-order valence-electron chi connectivity index (χ2n) is 4.97. The van der Waals surface area contributed by atoms with Gasteiger partial charge in [0.15, 0.2) is 6.29 Å². The molecule has 0 aromatic carbocycles. The standard InChI is InChI=1S/C13H24O2/c1-8(2)10(4)11(5)13-9(3)7-14-12(6)15-13/h9-13H,1,7H2,2-6H3. The van der Waals surface area contributed by atoms with E-state index in [9.17, 15) is 0 Å². The number of ether oxygens (including phenoxy) is 2. The van der Waals surface area contributed by atoms with E-state index in [4.69, 9.17) is 9.47 Å². The Labute approximate surface area is 93.7 Å². The van der Waals surface area contributed by atoms with E-state index in [-0.39, 0.29) is 6.29 Å². The van der Waals surface area contributed by atoms with Crippen LogP contribution in [0.3, 0.4) is 0 Å². The first-order chi connectivity index (χ1) is 6.93. The van der Waals surface area contributed by atoms with Crippen molar-refractivity contribution in [1.29, 1.82) is 0 Å². The third-order valence-corrected chi connectivity index (χ3v) is 3.59. The van der Waals surface area contributed by atoms with Gasteiger partial charge in [-0.25, -0.2) is 0 Å². The molecule has 0 aromatic heterocycles. The molecular weight excluding hydrogens is 188 g/mol. The molecule has 0 N–H and O–H groups in total. The van der Waals surface area contributed by atoms with Gasteiger partial charge in [-0.3, -0.25) is 0 Å². The Morgan fingerprint density at radius 3 is 2.47 bits per heavy atom. The minimum Gasteiger partial charge on any atom is -0.353 e. The summed E-state index contributed by atoms with van der Waals surface area (Å²) in [5.74, 6) is 1.48. The first-order valence-corrected chi connectivity index (χ1v) is 5.86. The fraction of sp³-hybridized carbons (Fsp3) is 0.846. The molecule has 5 unspecified atom stereocenters. The van der Waals surface area contributed by atoms with Gasteiger partial charge in [0, 0.05) is 5.92 Å². The molecule has 1 aliphatic rings.